The highest BCUT2D eigenvalue weighted by Crippen LogP contribution is 2.26. The number of rotatable bonds is 6. The van der Waals surface area contributed by atoms with Crippen molar-refractivity contribution < 1.29 is 9.53 Å². The van der Waals surface area contributed by atoms with E-state index in [1.54, 1.807) is 16.7 Å². The molecule has 140 valence electrons. The third kappa shape index (κ3) is 4.12. The van der Waals surface area contributed by atoms with Crippen LogP contribution in [0.4, 0.5) is 4.79 Å². The summed E-state index contributed by atoms with van der Waals surface area (Å²) in [6.07, 6.45) is 0.625. The molecule has 7 nitrogen and oxygen atoms in total. The number of carbonyl (C=O) groups is 1. The first kappa shape index (κ1) is 18.6. The molecule has 0 atom stereocenters. The smallest absolute Gasteiger partial charge is 0.409 e. The molecule has 0 radical (unpaired) electrons. The van der Waals surface area contributed by atoms with Gasteiger partial charge in [0.05, 0.1) is 6.54 Å². The third-order valence-electron chi connectivity index (χ3n) is 4.32. The molecule has 1 saturated heterocycles. The Balaban J connectivity index is 1.58. The van der Waals surface area contributed by atoms with Crippen LogP contribution in [0.3, 0.4) is 0 Å². The van der Waals surface area contributed by atoms with Gasteiger partial charge in [-0.1, -0.05) is 56.8 Å². The van der Waals surface area contributed by atoms with Gasteiger partial charge in [-0.3, -0.25) is 0 Å². The minimum absolute atomic E-state index is 0.109. The number of nitrogens with two attached hydrogens (primary N) is 1. The summed E-state index contributed by atoms with van der Waals surface area (Å²) in [4.78, 5) is 13.1. The highest BCUT2D eigenvalue weighted by Gasteiger charge is 2.21. The molecule has 0 spiro atoms. The van der Waals surface area contributed by atoms with Crippen molar-refractivity contribution in [2.24, 2.45) is 0 Å². The summed E-state index contributed by atoms with van der Waals surface area (Å²) >= 11 is 1.54. The molecule has 1 aliphatic heterocycles. The van der Waals surface area contributed by atoms with Crippen LogP contribution in [0.1, 0.15) is 32.8 Å². The monoisotopic (exact) mass is 375 g/mol. The first-order valence-electron chi connectivity index (χ1n) is 8.72. The second-order valence-corrected chi connectivity index (χ2v) is 8.37. The van der Waals surface area contributed by atoms with Crippen LogP contribution in [-0.4, -0.2) is 51.3 Å². The van der Waals surface area contributed by atoms with Gasteiger partial charge in [0, 0.05) is 17.9 Å². The molecule has 26 heavy (non-hydrogen) atoms. The molecule has 2 heterocycles. The van der Waals surface area contributed by atoms with Crippen molar-refractivity contribution >= 4 is 17.9 Å². The molecule has 1 fully saturated rings. The van der Waals surface area contributed by atoms with Crippen molar-refractivity contribution in [1.82, 2.24) is 19.8 Å². The van der Waals surface area contributed by atoms with Gasteiger partial charge in [-0.15, -0.1) is 10.2 Å². The summed E-state index contributed by atoms with van der Waals surface area (Å²) in [6, 6.07) is 8.26. The van der Waals surface area contributed by atoms with Crippen molar-refractivity contribution in [3.8, 4) is 11.4 Å². The van der Waals surface area contributed by atoms with Gasteiger partial charge in [0.25, 0.3) is 0 Å². The van der Waals surface area contributed by atoms with Gasteiger partial charge in [-0.05, 0) is 17.4 Å². The normalized spacial score (nSPS) is 14.7. The zero-order chi connectivity index (χ0) is 18.7. The summed E-state index contributed by atoms with van der Waals surface area (Å²) in [5.74, 6) is 7.63. The minimum atomic E-state index is -0.224. The van der Waals surface area contributed by atoms with Crippen LogP contribution in [0.5, 0.6) is 0 Å². The van der Waals surface area contributed by atoms with Crippen molar-refractivity contribution in [2.45, 2.75) is 37.8 Å². The largest absolute Gasteiger partial charge is 0.448 e. The molecule has 0 aliphatic carbocycles. The zero-order valence-corrected chi connectivity index (χ0v) is 16.3. The van der Waals surface area contributed by atoms with E-state index in [1.807, 2.05) is 12.1 Å². The predicted octanol–water partition coefficient (Wildman–Crippen LogP) is 2.89. The highest BCUT2D eigenvalue weighted by atomic mass is 32.2. The Morgan fingerprint density at radius 1 is 1.23 bits per heavy atom. The molecule has 1 aromatic heterocycles. The van der Waals surface area contributed by atoms with E-state index in [-0.39, 0.29) is 11.5 Å². The number of benzene rings is 1. The molecular formula is C18H25N5O2S. The van der Waals surface area contributed by atoms with E-state index >= 15 is 0 Å². The fourth-order valence-electron chi connectivity index (χ4n) is 2.74. The number of thioether (sulfide) groups is 1. The van der Waals surface area contributed by atoms with Gasteiger partial charge in [-0.25, -0.2) is 9.47 Å². The van der Waals surface area contributed by atoms with Gasteiger partial charge < -0.3 is 15.5 Å². The standard InChI is InChI=1S/C18H25N5O2S/c1-18(2,3)14-7-5-13(6-8-14)15-20-21-16(23(15)19)26-12-4-9-22-10-11-25-17(22)24/h5-8H,4,9-12,19H2,1-3H3. The Morgan fingerprint density at radius 3 is 2.58 bits per heavy atom. The van der Waals surface area contributed by atoms with Gasteiger partial charge in [0.1, 0.15) is 6.61 Å². The Bertz CT molecular complexity index is 767. The molecule has 3 rings (SSSR count). The molecule has 8 heteroatoms. The highest BCUT2D eigenvalue weighted by molar-refractivity contribution is 7.99. The number of carbonyl (C=O) groups excluding carboxylic acids is 1. The number of nitrogens with zero attached hydrogens (tertiary/aromatic N) is 4. The topological polar surface area (TPSA) is 86.3 Å². The fraction of sp³-hybridized carbons (Fsp3) is 0.500. The van der Waals surface area contributed by atoms with Crippen LogP contribution in [-0.2, 0) is 10.2 Å². The van der Waals surface area contributed by atoms with E-state index < -0.39 is 0 Å². The fourth-order valence-corrected chi connectivity index (χ4v) is 3.52. The molecule has 0 saturated carbocycles. The lowest BCUT2D eigenvalue weighted by Gasteiger charge is -2.19. The maximum absolute atomic E-state index is 11.4. The molecule has 1 amide bonds. The average Bonchev–Trinajstić information content (AvgIpc) is 3.17. The maximum atomic E-state index is 11.4. The second kappa shape index (κ2) is 7.57. The third-order valence-corrected chi connectivity index (χ3v) is 5.35. The quantitative estimate of drug-likeness (QED) is 0.475. The molecule has 0 unspecified atom stereocenters. The van der Waals surface area contributed by atoms with Gasteiger partial charge in [0.15, 0.2) is 5.82 Å². The predicted molar refractivity (Wildman–Crippen MR) is 103 cm³/mol. The summed E-state index contributed by atoms with van der Waals surface area (Å²) < 4.78 is 6.44. The number of amides is 1. The van der Waals surface area contributed by atoms with Crippen molar-refractivity contribution in [3.63, 3.8) is 0 Å². The lowest BCUT2D eigenvalue weighted by atomic mass is 9.87. The number of ether oxygens (including phenoxy) is 1. The number of cyclic esters (lactones) is 1. The van der Waals surface area contributed by atoms with Crippen molar-refractivity contribution in [3.05, 3.63) is 29.8 Å². The minimum Gasteiger partial charge on any atom is -0.448 e. The van der Waals surface area contributed by atoms with Crippen LogP contribution >= 0.6 is 11.8 Å². The number of nitrogen functional groups attached to an aromatic ring is 1. The second-order valence-electron chi connectivity index (χ2n) is 7.31. The first-order valence-corrected chi connectivity index (χ1v) is 9.71. The van der Waals surface area contributed by atoms with Crippen LogP contribution in [0.2, 0.25) is 0 Å². The molecule has 1 aromatic carbocycles. The van der Waals surface area contributed by atoms with Crippen LogP contribution in [0, 0.1) is 0 Å². The number of aromatic nitrogens is 3. The molecular weight excluding hydrogens is 350 g/mol. The SMILES string of the molecule is CC(C)(C)c1ccc(-c2nnc(SCCCN3CCOC3=O)n2N)cc1. The van der Waals surface area contributed by atoms with E-state index in [0.717, 1.165) is 17.7 Å². The summed E-state index contributed by atoms with van der Waals surface area (Å²) in [5, 5.41) is 9.09. The van der Waals surface area contributed by atoms with Crippen LogP contribution in [0.15, 0.2) is 29.4 Å². The summed E-state index contributed by atoms with van der Waals surface area (Å²) in [7, 11) is 0. The molecule has 2 N–H and O–H groups in total. The summed E-state index contributed by atoms with van der Waals surface area (Å²) in [5.41, 5.74) is 2.32. The van der Waals surface area contributed by atoms with E-state index in [2.05, 4.69) is 43.1 Å². The van der Waals surface area contributed by atoms with Gasteiger partial charge in [-0.2, -0.15) is 0 Å². The van der Waals surface area contributed by atoms with E-state index in [1.165, 1.54) is 10.2 Å². The van der Waals surface area contributed by atoms with E-state index in [0.29, 0.717) is 30.7 Å². The Morgan fingerprint density at radius 2 is 1.96 bits per heavy atom. The first-order chi connectivity index (χ1) is 12.4. The Labute approximate surface area is 157 Å². The number of hydrogen-bond acceptors (Lipinski definition) is 6. The van der Waals surface area contributed by atoms with E-state index in [9.17, 15) is 4.79 Å². The Kier molecular flexibility index (Phi) is 5.41. The molecule has 0 bridgehead atoms. The molecule has 2 aromatic rings. The summed E-state index contributed by atoms with van der Waals surface area (Å²) in [6.45, 7) is 8.40. The van der Waals surface area contributed by atoms with Gasteiger partial charge >= 0.3 is 6.09 Å². The lowest BCUT2D eigenvalue weighted by Crippen LogP contribution is -2.25. The van der Waals surface area contributed by atoms with Gasteiger partial charge in [0.2, 0.25) is 5.16 Å². The maximum Gasteiger partial charge on any atom is 0.409 e. The lowest BCUT2D eigenvalue weighted by molar-refractivity contribution is 0.158. The molecule has 1 aliphatic rings. The Hall–Kier alpha value is -2.22. The van der Waals surface area contributed by atoms with Crippen LogP contribution in [0.25, 0.3) is 11.4 Å². The van der Waals surface area contributed by atoms with Crippen molar-refractivity contribution in [1.29, 1.82) is 0 Å². The van der Waals surface area contributed by atoms with Crippen LogP contribution < -0.4 is 5.84 Å². The zero-order valence-electron chi connectivity index (χ0n) is 15.4. The number of hydrogen-bond donors (Lipinski definition) is 1. The van der Waals surface area contributed by atoms with E-state index in [4.69, 9.17) is 10.6 Å². The average molecular weight is 375 g/mol. The van der Waals surface area contributed by atoms with Crippen molar-refractivity contribution in [2.75, 3.05) is 31.3 Å².